The van der Waals surface area contributed by atoms with E-state index in [-0.39, 0.29) is 12.2 Å². The molecule has 1 saturated heterocycles. The molecule has 0 saturated carbocycles. The normalized spacial score (nSPS) is 18.5. The van der Waals surface area contributed by atoms with Gasteiger partial charge in [0.25, 0.3) is 0 Å². The van der Waals surface area contributed by atoms with Crippen molar-refractivity contribution in [3.8, 4) is 0 Å². The second-order valence-corrected chi connectivity index (χ2v) is 4.70. The molecule has 1 aliphatic heterocycles. The van der Waals surface area contributed by atoms with E-state index in [1.165, 1.54) is 31.9 Å². The molecule has 1 aromatic rings. The lowest BCUT2D eigenvalue weighted by Gasteiger charge is -2.18. The predicted molar refractivity (Wildman–Crippen MR) is 71.8 cm³/mol. The number of carboxylic acid groups (broad SMARTS) is 1. The van der Waals surface area contributed by atoms with Crippen molar-refractivity contribution in [2.45, 2.75) is 32.2 Å². The Labute approximate surface area is 113 Å². The second kappa shape index (κ2) is 7.63. The fraction of sp³-hybridized carbons (Fsp3) is 0.500. The van der Waals surface area contributed by atoms with Gasteiger partial charge in [0.2, 0.25) is 0 Å². The molecule has 0 radical (unpaired) electrons. The van der Waals surface area contributed by atoms with E-state index >= 15 is 0 Å². The van der Waals surface area contributed by atoms with E-state index in [9.17, 15) is 9.59 Å². The predicted octanol–water partition coefficient (Wildman–Crippen LogP) is 1.90. The first-order valence-corrected chi connectivity index (χ1v) is 6.32. The number of carbonyl (C=O) groups excluding carboxylic acids is 1. The van der Waals surface area contributed by atoms with Crippen LogP contribution in [0.2, 0.25) is 0 Å². The van der Waals surface area contributed by atoms with Crippen molar-refractivity contribution in [2.75, 3.05) is 13.6 Å². The maximum absolute atomic E-state index is 9.87. The fourth-order valence-electron chi connectivity index (χ4n) is 2.12. The Kier molecular flexibility index (Phi) is 6.15. The van der Waals surface area contributed by atoms with E-state index in [2.05, 4.69) is 23.0 Å². The highest BCUT2D eigenvalue weighted by molar-refractivity contribution is 5.93. The lowest BCUT2D eigenvalue weighted by molar-refractivity contribution is -0.139. The Morgan fingerprint density at radius 1 is 1.53 bits per heavy atom. The second-order valence-electron chi connectivity index (χ2n) is 4.70. The number of pyridine rings is 1. The van der Waals surface area contributed by atoms with Gasteiger partial charge in [-0.15, -0.1) is 0 Å². The van der Waals surface area contributed by atoms with E-state index in [1.807, 2.05) is 18.5 Å². The molecule has 1 aliphatic rings. The summed E-state index contributed by atoms with van der Waals surface area (Å²) in [5.74, 6) is -1.37. The van der Waals surface area contributed by atoms with E-state index in [0.29, 0.717) is 6.04 Å². The molecule has 1 fully saturated rings. The van der Waals surface area contributed by atoms with E-state index in [4.69, 9.17) is 5.11 Å². The van der Waals surface area contributed by atoms with Gasteiger partial charge in [0.05, 0.1) is 0 Å². The SMILES string of the molecule is CC(=O)CC(=O)O.CN1CCC[C@H]1c1cccnc1. The van der Waals surface area contributed by atoms with Gasteiger partial charge >= 0.3 is 5.97 Å². The Bertz CT molecular complexity index is 408. The van der Waals surface area contributed by atoms with Crippen molar-refractivity contribution in [1.82, 2.24) is 9.88 Å². The van der Waals surface area contributed by atoms with Crippen LogP contribution in [0.1, 0.15) is 37.8 Å². The molecule has 0 spiro atoms. The highest BCUT2D eigenvalue weighted by Gasteiger charge is 2.21. The van der Waals surface area contributed by atoms with Crippen molar-refractivity contribution in [3.63, 3.8) is 0 Å². The third kappa shape index (κ3) is 5.61. The number of likely N-dealkylation sites (tertiary alicyclic amines) is 1. The Balaban J connectivity index is 0.000000224. The first kappa shape index (κ1) is 15.3. The quantitative estimate of drug-likeness (QED) is 0.844. The molecule has 0 amide bonds. The van der Waals surface area contributed by atoms with Crippen LogP contribution < -0.4 is 0 Å². The number of aromatic nitrogens is 1. The highest BCUT2D eigenvalue weighted by atomic mass is 16.4. The van der Waals surface area contributed by atoms with Crippen molar-refractivity contribution >= 4 is 11.8 Å². The summed E-state index contributed by atoms with van der Waals surface area (Å²) >= 11 is 0. The van der Waals surface area contributed by atoms with Gasteiger partial charge in [-0.25, -0.2) is 0 Å². The molecule has 5 heteroatoms. The molecule has 0 aromatic carbocycles. The van der Waals surface area contributed by atoms with Crippen LogP contribution in [0, 0.1) is 0 Å². The smallest absolute Gasteiger partial charge is 0.310 e. The average Bonchev–Trinajstić information content (AvgIpc) is 2.75. The molecule has 104 valence electrons. The maximum atomic E-state index is 9.87. The van der Waals surface area contributed by atoms with Gasteiger partial charge in [0.1, 0.15) is 12.2 Å². The first-order valence-electron chi connectivity index (χ1n) is 6.32. The van der Waals surface area contributed by atoms with E-state index < -0.39 is 5.97 Å². The number of hydrogen-bond acceptors (Lipinski definition) is 4. The number of hydrogen-bond donors (Lipinski definition) is 1. The number of carbonyl (C=O) groups is 2. The zero-order valence-electron chi connectivity index (χ0n) is 11.4. The van der Waals surface area contributed by atoms with E-state index in [0.717, 1.165) is 0 Å². The minimum atomic E-state index is -1.06. The van der Waals surface area contributed by atoms with Gasteiger partial charge < -0.3 is 5.11 Å². The third-order valence-electron chi connectivity index (χ3n) is 2.99. The van der Waals surface area contributed by atoms with E-state index in [1.54, 1.807) is 0 Å². The monoisotopic (exact) mass is 264 g/mol. The summed E-state index contributed by atoms with van der Waals surface area (Å²) in [6, 6.07) is 4.79. The lowest BCUT2D eigenvalue weighted by Crippen LogP contribution is -2.17. The minimum absolute atomic E-state index is 0.312. The summed E-state index contributed by atoms with van der Waals surface area (Å²) in [6.45, 7) is 2.47. The molecule has 1 aromatic heterocycles. The number of rotatable bonds is 3. The van der Waals surface area contributed by atoms with Crippen molar-refractivity contribution in [3.05, 3.63) is 30.1 Å². The Morgan fingerprint density at radius 2 is 2.26 bits per heavy atom. The number of carboxylic acids is 1. The van der Waals surface area contributed by atoms with Crippen LogP contribution in [0.25, 0.3) is 0 Å². The molecule has 2 rings (SSSR count). The Hall–Kier alpha value is -1.75. The standard InChI is InChI=1S/C10H14N2.C4H6O3/c1-12-7-3-5-10(12)9-4-2-6-11-8-9;1-3(5)2-4(6)7/h2,4,6,8,10H,3,5,7H2,1H3;2H2,1H3,(H,6,7)/t10-;/m0./s1. The topological polar surface area (TPSA) is 70.5 Å². The van der Waals surface area contributed by atoms with Crippen LogP contribution in [0.3, 0.4) is 0 Å². The molecular formula is C14H20N2O3. The van der Waals surface area contributed by atoms with Crippen LogP contribution in [0.15, 0.2) is 24.5 Å². The first-order chi connectivity index (χ1) is 9.00. The molecule has 0 unspecified atom stereocenters. The maximum Gasteiger partial charge on any atom is 0.310 e. The number of Topliss-reactive ketones (excluding diaryl/α,β-unsaturated/α-hetero) is 1. The molecule has 1 N–H and O–H groups in total. The zero-order valence-corrected chi connectivity index (χ0v) is 11.4. The van der Waals surface area contributed by atoms with Crippen LogP contribution in [-0.2, 0) is 9.59 Å². The Morgan fingerprint density at radius 3 is 2.63 bits per heavy atom. The summed E-state index contributed by atoms with van der Waals surface area (Å²) in [5, 5.41) is 7.86. The van der Waals surface area contributed by atoms with Crippen molar-refractivity contribution < 1.29 is 14.7 Å². The summed E-state index contributed by atoms with van der Waals surface area (Å²) in [4.78, 5) is 26.0. The van der Waals surface area contributed by atoms with Gasteiger partial charge in [-0.05, 0) is 45.0 Å². The molecular weight excluding hydrogens is 244 g/mol. The number of nitrogens with zero attached hydrogens (tertiary/aromatic N) is 2. The van der Waals surface area contributed by atoms with Crippen molar-refractivity contribution in [1.29, 1.82) is 0 Å². The summed E-state index contributed by atoms with van der Waals surface area (Å²) in [7, 11) is 2.19. The van der Waals surface area contributed by atoms with Gasteiger partial charge in [-0.3, -0.25) is 19.5 Å². The lowest BCUT2D eigenvalue weighted by atomic mass is 10.1. The van der Waals surface area contributed by atoms with Gasteiger partial charge in [-0.2, -0.15) is 0 Å². The summed E-state index contributed by atoms with van der Waals surface area (Å²) < 4.78 is 0. The van der Waals surface area contributed by atoms with Crippen LogP contribution in [0.5, 0.6) is 0 Å². The van der Waals surface area contributed by atoms with Gasteiger partial charge in [0, 0.05) is 18.4 Å². The fourth-order valence-corrected chi connectivity index (χ4v) is 2.12. The van der Waals surface area contributed by atoms with Crippen LogP contribution in [-0.4, -0.2) is 40.3 Å². The number of aliphatic carboxylic acids is 1. The summed E-state index contributed by atoms with van der Waals surface area (Å²) in [5.41, 5.74) is 1.36. The summed E-state index contributed by atoms with van der Waals surface area (Å²) in [6.07, 6.45) is 6.04. The molecule has 5 nitrogen and oxygen atoms in total. The minimum Gasteiger partial charge on any atom is -0.481 e. The molecule has 19 heavy (non-hydrogen) atoms. The van der Waals surface area contributed by atoms with Gasteiger partial charge in [-0.1, -0.05) is 6.07 Å². The zero-order chi connectivity index (χ0) is 14.3. The van der Waals surface area contributed by atoms with Gasteiger partial charge in [0.15, 0.2) is 0 Å². The van der Waals surface area contributed by atoms with Crippen LogP contribution >= 0.6 is 0 Å². The number of ketones is 1. The molecule has 0 aliphatic carbocycles. The molecule has 0 bridgehead atoms. The molecule has 2 heterocycles. The average molecular weight is 264 g/mol. The largest absolute Gasteiger partial charge is 0.481 e. The van der Waals surface area contributed by atoms with Crippen LogP contribution in [0.4, 0.5) is 0 Å². The highest BCUT2D eigenvalue weighted by Crippen LogP contribution is 2.29. The van der Waals surface area contributed by atoms with Crippen molar-refractivity contribution in [2.24, 2.45) is 0 Å². The molecule has 1 atom stereocenters. The third-order valence-corrected chi connectivity index (χ3v) is 2.99.